The first-order chi connectivity index (χ1) is 6.17. The number of likely N-dealkylation sites (tertiary alicyclic amines) is 1. The molecule has 2 atom stereocenters. The molecule has 1 saturated heterocycles. The van der Waals surface area contributed by atoms with Crippen LogP contribution in [0.1, 0.15) is 39.5 Å². The lowest BCUT2D eigenvalue weighted by atomic mass is 9.64. The summed E-state index contributed by atoms with van der Waals surface area (Å²) in [5, 5.41) is 0. The fourth-order valence-electron chi connectivity index (χ4n) is 3.23. The van der Waals surface area contributed by atoms with Gasteiger partial charge in [0.1, 0.15) is 0 Å². The highest BCUT2D eigenvalue weighted by Crippen LogP contribution is 2.47. The van der Waals surface area contributed by atoms with Crippen LogP contribution in [0, 0.1) is 5.41 Å². The Hall–Kier alpha value is -0.0800. The van der Waals surface area contributed by atoms with Crippen molar-refractivity contribution in [2.75, 3.05) is 13.1 Å². The van der Waals surface area contributed by atoms with Crippen LogP contribution in [0.5, 0.6) is 0 Å². The molecule has 2 aliphatic rings. The van der Waals surface area contributed by atoms with Gasteiger partial charge in [0, 0.05) is 18.6 Å². The fraction of sp³-hybridized carbons (Fsp3) is 1.00. The van der Waals surface area contributed by atoms with Crippen LogP contribution in [0.3, 0.4) is 0 Å². The average Bonchev–Trinajstić information content (AvgIpc) is 2.43. The number of likely N-dealkylation sites (N-methyl/N-ethyl adjacent to an activating group) is 1. The summed E-state index contributed by atoms with van der Waals surface area (Å²) >= 11 is 0. The Morgan fingerprint density at radius 2 is 2.15 bits per heavy atom. The van der Waals surface area contributed by atoms with Gasteiger partial charge in [-0.05, 0) is 31.2 Å². The summed E-state index contributed by atoms with van der Waals surface area (Å²) in [5.74, 6) is 0. The topological polar surface area (TPSA) is 29.3 Å². The maximum absolute atomic E-state index is 6.20. The molecule has 2 unspecified atom stereocenters. The third-order valence-electron chi connectivity index (χ3n) is 4.16. The van der Waals surface area contributed by atoms with Crippen molar-refractivity contribution in [1.29, 1.82) is 0 Å². The van der Waals surface area contributed by atoms with Crippen LogP contribution in [0.2, 0.25) is 0 Å². The van der Waals surface area contributed by atoms with E-state index in [1.165, 1.54) is 38.8 Å². The third-order valence-corrected chi connectivity index (χ3v) is 4.16. The molecule has 2 rings (SSSR count). The molecule has 0 amide bonds. The first-order valence-electron chi connectivity index (χ1n) is 5.67. The van der Waals surface area contributed by atoms with Crippen molar-refractivity contribution in [1.82, 2.24) is 4.90 Å². The number of hydrogen-bond acceptors (Lipinski definition) is 2. The van der Waals surface area contributed by atoms with Crippen molar-refractivity contribution in [3.05, 3.63) is 0 Å². The van der Waals surface area contributed by atoms with Gasteiger partial charge < -0.3 is 5.73 Å². The van der Waals surface area contributed by atoms with Gasteiger partial charge in [-0.25, -0.2) is 0 Å². The van der Waals surface area contributed by atoms with Crippen LogP contribution in [0.25, 0.3) is 0 Å². The molecule has 1 saturated carbocycles. The van der Waals surface area contributed by atoms with Gasteiger partial charge in [-0.3, -0.25) is 4.90 Å². The van der Waals surface area contributed by atoms with Gasteiger partial charge in [0.25, 0.3) is 0 Å². The van der Waals surface area contributed by atoms with Gasteiger partial charge in [-0.2, -0.15) is 0 Å². The molecule has 2 N–H and O–H groups in total. The predicted octanol–water partition coefficient (Wildman–Crippen LogP) is 1.60. The summed E-state index contributed by atoms with van der Waals surface area (Å²) < 4.78 is 0. The zero-order chi connectivity index (χ0) is 9.47. The summed E-state index contributed by atoms with van der Waals surface area (Å²) in [4.78, 5) is 2.59. The molecule has 76 valence electrons. The Morgan fingerprint density at radius 3 is 2.62 bits per heavy atom. The second kappa shape index (κ2) is 3.25. The maximum Gasteiger partial charge on any atom is 0.0301 e. The van der Waals surface area contributed by atoms with Crippen LogP contribution in [-0.4, -0.2) is 30.1 Å². The van der Waals surface area contributed by atoms with E-state index >= 15 is 0 Å². The summed E-state index contributed by atoms with van der Waals surface area (Å²) in [5.41, 5.74) is 6.75. The summed E-state index contributed by atoms with van der Waals surface area (Å²) in [7, 11) is 0. The first-order valence-corrected chi connectivity index (χ1v) is 5.67. The highest BCUT2D eigenvalue weighted by molar-refractivity contribution is 5.03. The van der Waals surface area contributed by atoms with E-state index in [-0.39, 0.29) is 0 Å². The molecule has 0 aromatic rings. The van der Waals surface area contributed by atoms with Crippen molar-refractivity contribution < 1.29 is 0 Å². The molecule has 13 heavy (non-hydrogen) atoms. The van der Waals surface area contributed by atoms with E-state index in [9.17, 15) is 0 Å². The van der Waals surface area contributed by atoms with Crippen molar-refractivity contribution in [3.63, 3.8) is 0 Å². The zero-order valence-corrected chi connectivity index (χ0v) is 8.92. The van der Waals surface area contributed by atoms with Crippen LogP contribution < -0.4 is 5.73 Å². The van der Waals surface area contributed by atoms with E-state index in [1.54, 1.807) is 0 Å². The molecule has 2 heteroatoms. The molecule has 2 nitrogen and oxygen atoms in total. The Labute approximate surface area is 81.5 Å². The maximum atomic E-state index is 6.20. The summed E-state index contributed by atoms with van der Waals surface area (Å²) in [6, 6.07) is 1.11. The number of rotatable bonds is 2. The Kier molecular flexibility index (Phi) is 2.37. The van der Waals surface area contributed by atoms with Gasteiger partial charge in [0.2, 0.25) is 0 Å². The van der Waals surface area contributed by atoms with Crippen LogP contribution in [-0.2, 0) is 0 Å². The smallest absolute Gasteiger partial charge is 0.0301 e. The highest BCUT2D eigenvalue weighted by atomic mass is 15.2. The molecule has 1 aliphatic heterocycles. The van der Waals surface area contributed by atoms with E-state index < -0.39 is 0 Å². The van der Waals surface area contributed by atoms with E-state index in [0.29, 0.717) is 17.5 Å². The molecular formula is C11H22N2. The molecule has 1 heterocycles. The lowest BCUT2D eigenvalue weighted by Gasteiger charge is -2.48. The van der Waals surface area contributed by atoms with Gasteiger partial charge >= 0.3 is 0 Å². The minimum absolute atomic E-state index is 0.435. The van der Waals surface area contributed by atoms with Crippen LogP contribution in [0.4, 0.5) is 0 Å². The van der Waals surface area contributed by atoms with Crippen molar-refractivity contribution in [3.8, 4) is 0 Å². The minimum Gasteiger partial charge on any atom is -0.326 e. The highest BCUT2D eigenvalue weighted by Gasteiger charge is 2.47. The minimum atomic E-state index is 0.435. The molecule has 0 radical (unpaired) electrons. The van der Waals surface area contributed by atoms with Crippen molar-refractivity contribution >= 4 is 0 Å². The molecule has 2 fully saturated rings. The fourth-order valence-corrected chi connectivity index (χ4v) is 3.23. The van der Waals surface area contributed by atoms with Crippen molar-refractivity contribution in [2.24, 2.45) is 11.1 Å². The Morgan fingerprint density at radius 1 is 1.46 bits per heavy atom. The molecule has 0 aromatic heterocycles. The van der Waals surface area contributed by atoms with E-state index in [4.69, 9.17) is 5.73 Å². The van der Waals surface area contributed by atoms with Gasteiger partial charge in [-0.1, -0.05) is 20.3 Å². The normalized spacial score (nSPS) is 39.0. The Bertz CT molecular complexity index is 187. The molecule has 1 aliphatic carbocycles. The predicted molar refractivity (Wildman–Crippen MR) is 55.6 cm³/mol. The van der Waals surface area contributed by atoms with Gasteiger partial charge in [0.15, 0.2) is 0 Å². The molecule has 0 aromatic carbocycles. The summed E-state index contributed by atoms with van der Waals surface area (Å²) in [6.45, 7) is 7.08. The van der Waals surface area contributed by atoms with E-state index in [2.05, 4.69) is 18.7 Å². The molecule has 0 spiro atoms. The average molecular weight is 182 g/mol. The molecule has 0 bridgehead atoms. The lowest BCUT2D eigenvalue weighted by Crippen LogP contribution is -2.53. The van der Waals surface area contributed by atoms with E-state index in [1.807, 2.05) is 0 Å². The lowest BCUT2D eigenvalue weighted by molar-refractivity contribution is 0.0329. The Balaban J connectivity index is 2.09. The number of nitrogens with two attached hydrogens (primary N) is 1. The monoisotopic (exact) mass is 182 g/mol. The third kappa shape index (κ3) is 1.40. The van der Waals surface area contributed by atoms with Crippen LogP contribution >= 0.6 is 0 Å². The molecular weight excluding hydrogens is 160 g/mol. The largest absolute Gasteiger partial charge is 0.326 e. The van der Waals surface area contributed by atoms with Crippen molar-refractivity contribution in [2.45, 2.75) is 51.6 Å². The second-order valence-corrected chi connectivity index (χ2v) is 5.03. The van der Waals surface area contributed by atoms with E-state index in [0.717, 1.165) is 0 Å². The first kappa shape index (κ1) is 9.47. The number of nitrogens with zero attached hydrogens (tertiary/aromatic N) is 1. The second-order valence-electron chi connectivity index (χ2n) is 5.03. The van der Waals surface area contributed by atoms with Crippen LogP contribution in [0.15, 0.2) is 0 Å². The summed E-state index contributed by atoms with van der Waals surface area (Å²) in [6.07, 6.45) is 5.40. The van der Waals surface area contributed by atoms with Gasteiger partial charge in [0.05, 0.1) is 0 Å². The number of hydrogen-bond donors (Lipinski definition) is 1. The quantitative estimate of drug-likeness (QED) is 0.703. The van der Waals surface area contributed by atoms with Gasteiger partial charge in [-0.15, -0.1) is 0 Å². The standard InChI is InChI=1S/C11H22N2/c1-3-13-8-5-9(12)10(13)11(2)6-4-7-11/h9-10H,3-8,12H2,1-2H3. The zero-order valence-electron chi connectivity index (χ0n) is 8.92. The SMILES string of the molecule is CCN1CCC(N)C1C1(C)CCC1.